The van der Waals surface area contributed by atoms with Crippen molar-refractivity contribution >= 4 is 21.8 Å². The minimum absolute atomic E-state index is 0.00916. The van der Waals surface area contributed by atoms with E-state index in [0.717, 1.165) is 12.8 Å². The number of rotatable bonds is 8. The lowest BCUT2D eigenvalue weighted by Gasteiger charge is -2.11. The SMILES string of the molecule is C#CCNC(=O)CCNC(=O)c1cc(S(=O)(=O)NC2CC2)ccc1C. The molecule has 0 heterocycles. The Morgan fingerprint density at radius 1 is 1.28 bits per heavy atom. The highest BCUT2D eigenvalue weighted by atomic mass is 32.2. The zero-order valence-electron chi connectivity index (χ0n) is 14.0. The highest BCUT2D eigenvalue weighted by Crippen LogP contribution is 2.23. The van der Waals surface area contributed by atoms with Crippen LogP contribution >= 0.6 is 0 Å². The van der Waals surface area contributed by atoms with Crippen LogP contribution in [0.2, 0.25) is 0 Å². The second-order valence-corrected chi connectivity index (χ2v) is 7.57. The molecular formula is C17H21N3O4S. The predicted molar refractivity (Wildman–Crippen MR) is 93.3 cm³/mol. The first-order valence-electron chi connectivity index (χ1n) is 7.95. The van der Waals surface area contributed by atoms with Crippen molar-refractivity contribution in [3.8, 4) is 12.3 Å². The zero-order valence-corrected chi connectivity index (χ0v) is 14.8. The summed E-state index contributed by atoms with van der Waals surface area (Å²) in [5.41, 5.74) is 0.919. The molecule has 25 heavy (non-hydrogen) atoms. The smallest absolute Gasteiger partial charge is 0.251 e. The third-order valence-corrected chi connectivity index (χ3v) is 5.21. The van der Waals surface area contributed by atoms with E-state index >= 15 is 0 Å². The van der Waals surface area contributed by atoms with Gasteiger partial charge in [-0.25, -0.2) is 13.1 Å². The summed E-state index contributed by atoms with van der Waals surface area (Å²) in [6.45, 7) is 1.99. The van der Waals surface area contributed by atoms with E-state index in [4.69, 9.17) is 6.42 Å². The molecule has 2 rings (SSSR count). The minimum Gasteiger partial charge on any atom is -0.352 e. The number of aryl methyl sites for hydroxylation is 1. The van der Waals surface area contributed by atoms with Gasteiger partial charge in [-0.3, -0.25) is 9.59 Å². The summed E-state index contributed by atoms with van der Waals surface area (Å²) in [7, 11) is -3.63. The molecule has 7 nitrogen and oxygen atoms in total. The molecular weight excluding hydrogens is 342 g/mol. The van der Waals surface area contributed by atoms with Gasteiger partial charge in [0, 0.05) is 24.6 Å². The highest BCUT2D eigenvalue weighted by Gasteiger charge is 2.28. The number of benzene rings is 1. The fraction of sp³-hybridized carbons (Fsp3) is 0.412. The molecule has 0 radical (unpaired) electrons. The summed E-state index contributed by atoms with van der Waals surface area (Å²) < 4.78 is 27.1. The fourth-order valence-corrected chi connectivity index (χ4v) is 3.46. The molecule has 1 fully saturated rings. The minimum atomic E-state index is -3.63. The largest absolute Gasteiger partial charge is 0.352 e. The van der Waals surface area contributed by atoms with E-state index in [0.29, 0.717) is 5.56 Å². The number of amides is 2. The van der Waals surface area contributed by atoms with Gasteiger partial charge in [0.15, 0.2) is 0 Å². The van der Waals surface area contributed by atoms with Gasteiger partial charge in [0.2, 0.25) is 15.9 Å². The average Bonchev–Trinajstić information content (AvgIpc) is 3.36. The summed E-state index contributed by atoms with van der Waals surface area (Å²) in [5.74, 6) is 1.60. The van der Waals surface area contributed by atoms with Crippen molar-refractivity contribution in [3.05, 3.63) is 29.3 Å². The zero-order chi connectivity index (χ0) is 18.4. The number of carbonyl (C=O) groups is 2. The molecule has 134 valence electrons. The summed E-state index contributed by atoms with van der Waals surface area (Å²) in [4.78, 5) is 23.8. The van der Waals surface area contributed by atoms with Crippen molar-refractivity contribution in [3.63, 3.8) is 0 Å². The predicted octanol–water partition coefficient (Wildman–Crippen LogP) is 0.305. The molecule has 0 saturated heterocycles. The average molecular weight is 363 g/mol. The Kier molecular flexibility index (Phi) is 6.17. The summed E-state index contributed by atoms with van der Waals surface area (Å²) in [6, 6.07) is 4.42. The molecule has 1 aliphatic rings. The van der Waals surface area contributed by atoms with E-state index in [9.17, 15) is 18.0 Å². The number of hydrogen-bond donors (Lipinski definition) is 3. The van der Waals surface area contributed by atoms with Gasteiger partial charge in [0.25, 0.3) is 5.91 Å². The Bertz CT molecular complexity index is 808. The normalized spacial score (nSPS) is 13.8. The third-order valence-electron chi connectivity index (χ3n) is 3.69. The monoisotopic (exact) mass is 363 g/mol. The van der Waals surface area contributed by atoms with Crippen molar-refractivity contribution in [2.75, 3.05) is 13.1 Å². The van der Waals surface area contributed by atoms with Crippen LogP contribution in [-0.4, -0.2) is 39.4 Å². The van der Waals surface area contributed by atoms with Crippen LogP contribution in [0.25, 0.3) is 0 Å². The molecule has 1 aromatic rings. The maximum atomic E-state index is 12.3. The third kappa shape index (κ3) is 5.59. The van der Waals surface area contributed by atoms with Gasteiger partial charge in [0.05, 0.1) is 11.4 Å². The number of carbonyl (C=O) groups excluding carboxylic acids is 2. The second-order valence-electron chi connectivity index (χ2n) is 5.86. The molecule has 1 saturated carbocycles. The lowest BCUT2D eigenvalue weighted by atomic mass is 10.1. The maximum absolute atomic E-state index is 12.3. The molecule has 0 bridgehead atoms. The van der Waals surface area contributed by atoms with Gasteiger partial charge in [0.1, 0.15) is 0 Å². The molecule has 8 heteroatoms. The van der Waals surface area contributed by atoms with Gasteiger partial charge in [-0.2, -0.15) is 0 Å². The highest BCUT2D eigenvalue weighted by molar-refractivity contribution is 7.89. The summed E-state index contributed by atoms with van der Waals surface area (Å²) in [6.07, 6.45) is 6.80. The van der Waals surface area contributed by atoms with E-state index < -0.39 is 15.9 Å². The van der Waals surface area contributed by atoms with Gasteiger partial charge in [-0.15, -0.1) is 6.42 Å². The molecule has 0 atom stereocenters. The summed E-state index contributed by atoms with van der Waals surface area (Å²) >= 11 is 0. The first kappa shape index (κ1) is 19.0. The fourth-order valence-electron chi connectivity index (χ4n) is 2.12. The Labute approximate surface area is 147 Å². The van der Waals surface area contributed by atoms with Crippen LogP contribution in [0.4, 0.5) is 0 Å². The van der Waals surface area contributed by atoms with E-state index in [1.807, 2.05) is 0 Å². The van der Waals surface area contributed by atoms with Crippen molar-refractivity contribution in [2.24, 2.45) is 0 Å². The van der Waals surface area contributed by atoms with Crippen molar-refractivity contribution in [1.29, 1.82) is 0 Å². The van der Waals surface area contributed by atoms with Crippen LogP contribution in [0.5, 0.6) is 0 Å². The number of nitrogens with one attached hydrogen (secondary N) is 3. The van der Waals surface area contributed by atoms with Crippen LogP contribution in [0.15, 0.2) is 23.1 Å². The van der Waals surface area contributed by atoms with Gasteiger partial charge >= 0.3 is 0 Å². The van der Waals surface area contributed by atoms with Crippen LogP contribution in [0.3, 0.4) is 0 Å². The molecule has 1 aromatic carbocycles. The molecule has 0 spiro atoms. The van der Waals surface area contributed by atoms with E-state index in [1.165, 1.54) is 12.1 Å². The van der Waals surface area contributed by atoms with Gasteiger partial charge in [-0.05, 0) is 37.5 Å². The topological polar surface area (TPSA) is 104 Å². The lowest BCUT2D eigenvalue weighted by Crippen LogP contribution is -2.31. The van der Waals surface area contributed by atoms with Crippen LogP contribution in [-0.2, 0) is 14.8 Å². The first-order chi connectivity index (χ1) is 11.8. The number of hydrogen-bond acceptors (Lipinski definition) is 4. The summed E-state index contributed by atoms with van der Waals surface area (Å²) in [5, 5.41) is 5.11. The molecule has 0 aromatic heterocycles. The number of sulfonamides is 1. The van der Waals surface area contributed by atoms with E-state index in [1.54, 1.807) is 13.0 Å². The van der Waals surface area contributed by atoms with E-state index in [2.05, 4.69) is 21.3 Å². The van der Waals surface area contributed by atoms with Gasteiger partial charge < -0.3 is 10.6 Å². The standard InChI is InChI=1S/C17H21N3O4S/c1-3-9-18-16(21)8-10-19-17(22)15-11-14(7-4-12(15)2)25(23,24)20-13-5-6-13/h1,4,7,11,13,20H,5-6,8-10H2,2H3,(H,18,21)(H,19,22). The quantitative estimate of drug-likeness (QED) is 0.578. The van der Waals surface area contributed by atoms with Crippen LogP contribution < -0.4 is 15.4 Å². The Balaban J connectivity index is 2.00. The maximum Gasteiger partial charge on any atom is 0.251 e. The van der Waals surface area contributed by atoms with Gasteiger partial charge in [-0.1, -0.05) is 12.0 Å². The Morgan fingerprint density at radius 2 is 2.00 bits per heavy atom. The van der Waals surface area contributed by atoms with E-state index in [-0.39, 0.29) is 41.9 Å². The molecule has 3 N–H and O–H groups in total. The Hall–Kier alpha value is -2.37. The molecule has 2 amide bonds. The second kappa shape index (κ2) is 8.14. The molecule has 0 aliphatic heterocycles. The Morgan fingerprint density at radius 3 is 2.64 bits per heavy atom. The van der Waals surface area contributed by atoms with Crippen molar-refractivity contribution < 1.29 is 18.0 Å². The molecule has 1 aliphatic carbocycles. The van der Waals surface area contributed by atoms with Crippen molar-refractivity contribution in [1.82, 2.24) is 15.4 Å². The van der Waals surface area contributed by atoms with Crippen LogP contribution in [0.1, 0.15) is 35.2 Å². The number of terminal acetylenes is 1. The van der Waals surface area contributed by atoms with Crippen molar-refractivity contribution in [2.45, 2.75) is 37.1 Å². The lowest BCUT2D eigenvalue weighted by molar-refractivity contribution is -0.120. The first-order valence-corrected chi connectivity index (χ1v) is 9.43. The molecule has 0 unspecified atom stereocenters. The van der Waals surface area contributed by atoms with Crippen LogP contribution in [0, 0.1) is 19.3 Å².